The lowest BCUT2D eigenvalue weighted by molar-refractivity contribution is -0.113. The zero-order chi connectivity index (χ0) is 29.2. The molecule has 1 atom stereocenters. The van der Waals surface area contributed by atoms with Crippen LogP contribution in [0.25, 0.3) is 20.8 Å². The van der Waals surface area contributed by atoms with Gasteiger partial charge in [0.2, 0.25) is 0 Å². The summed E-state index contributed by atoms with van der Waals surface area (Å²) in [6.45, 7) is 2.88. The van der Waals surface area contributed by atoms with Crippen LogP contribution in [0.4, 0.5) is 15.8 Å². The van der Waals surface area contributed by atoms with Gasteiger partial charge in [0.25, 0.3) is 5.91 Å². The number of amides is 1. The normalized spacial score (nSPS) is 14.9. The van der Waals surface area contributed by atoms with Gasteiger partial charge in [-0.2, -0.15) is 0 Å². The monoisotopic (exact) mass is 693 g/mol. The molecule has 3 aromatic heterocycles. The summed E-state index contributed by atoms with van der Waals surface area (Å²) in [5, 5.41) is 2.81. The molecule has 1 aliphatic rings. The van der Waals surface area contributed by atoms with Gasteiger partial charge >= 0.3 is 0 Å². The number of alkyl halides is 1. The van der Waals surface area contributed by atoms with Gasteiger partial charge in [0.15, 0.2) is 11.6 Å². The van der Waals surface area contributed by atoms with Crippen molar-refractivity contribution in [1.82, 2.24) is 14.5 Å². The van der Waals surface area contributed by atoms with Crippen LogP contribution in [0.15, 0.2) is 103 Å². The lowest BCUT2D eigenvalue weighted by Gasteiger charge is -2.31. The standard InChI is InChI=1S/C31H25FIN5O3S/c1-3-37-17-23(35-18-37)27-16-22-29(42-27)26(11-13-34-22)41-24-10-9-19(15-21(24)32)36-31(39)28-25(40-2)12-14-38(30(28)33)20-7-5-4-6-8-20/h4-18,30H,3H2,1-2H3,(H,36,39). The number of hydrogen-bond acceptors (Lipinski definition) is 7. The highest BCUT2D eigenvalue weighted by molar-refractivity contribution is 14.1. The maximum atomic E-state index is 15.3. The van der Waals surface area contributed by atoms with Crippen LogP contribution >= 0.6 is 33.9 Å². The number of nitrogens with zero attached hydrogens (tertiary/aromatic N) is 4. The Kier molecular flexibility index (Phi) is 7.94. The highest BCUT2D eigenvalue weighted by Crippen LogP contribution is 2.39. The van der Waals surface area contributed by atoms with Crippen LogP contribution < -0.4 is 15.0 Å². The highest BCUT2D eigenvalue weighted by Gasteiger charge is 2.31. The van der Waals surface area contributed by atoms with E-state index >= 15 is 4.39 Å². The summed E-state index contributed by atoms with van der Waals surface area (Å²) >= 11 is 3.68. The van der Waals surface area contributed by atoms with Crippen molar-refractivity contribution in [3.05, 3.63) is 109 Å². The first-order chi connectivity index (χ1) is 20.4. The van der Waals surface area contributed by atoms with Crippen LogP contribution in [-0.2, 0) is 16.1 Å². The van der Waals surface area contributed by atoms with Crippen LogP contribution in [0.3, 0.4) is 0 Å². The number of pyridine rings is 1. The fourth-order valence-electron chi connectivity index (χ4n) is 4.54. The first-order valence-corrected chi connectivity index (χ1v) is 15.1. The molecule has 0 saturated heterocycles. The number of rotatable bonds is 8. The molecule has 4 heterocycles. The van der Waals surface area contributed by atoms with Crippen molar-refractivity contribution in [2.24, 2.45) is 0 Å². The molecule has 42 heavy (non-hydrogen) atoms. The number of carbonyl (C=O) groups excluding carboxylic acids is 1. The third-order valence-corrected chi connectivity index (χ3v) is 9.07. The van der Waals surface area contributed by atoms with Crippen LogP contribution in [0.2, 0.25) is 0 Å². The molecular weight excluding hydrogens is 668 g/mol. The summed E-state index contributed by atoms with van der Waals surface area (Å²) in [6, 6.07) is 17.7. The molecule has 0 bridgehead atoms. The summed E-state index contributed by atoms with van der Waals surface area (Å²) in [5.74, 6) is -0.0441. The van der Waals surface area contributed by atoms with Crippen molar-refractivity contribution in [2.75, 3.05) is 17.3 Å². The number of benzene rings is 2. The van der Waals surface area contributed by atoms with Gasteiger partial charge in [0, 0.05) is 48.6 Å². The van der Waals surface area contributed by atoms with Gasteiger partial charge in [-0.25, -0.2) is 9.37 Å². The molecule has 1 unspecified atom stereocenters. The number of methoxy groups -OCH3 is 1. The number of aromatic nitrogens is 3. The van der Waals surface area contributed by atoms with Crippen molar-refractivity contribution in [2.45, 2.75) is 17.5 Å². The molecule has 5 aromatic rings. The van der Waals surface area contributed by atoms with E-state index < -0.39 is 11.7 Å². The van der Waals surface area contributed by atoms with E-state index in [1.807, 2.05) is 58.3 Å². The highest BCUT2D eigenvalue weighted by atomic mass is 127. The van der Waals surface area contributed by atoms with E-state index in [0.29, 0.717) is 22.8 Å². The Labute approximate surface area is 259 Å². The first kappa shape index (κ1) is 27.9. The van der Waals surface area contributed by atoms with Crippen LogP contribution in [0, 0.1) is 5.82 Å². The van der Waals surface area contributed by atoms with E-state index in [1.165, 1.54) is 30.6 Å². The Morgan fingerprint density at radius 2 is 1.95 bits per heavy atom. The maximum Gasteiger partial charge on any atom is 0.258 e. The number of para-hydroxylation sites is 1. The topological polar surface area (TPSA) is 81.5 Å². The second-order valence-corrected chi connectivity index (χ2v) is 11.5. The van der Waals surface area contributed by atoms with E-state index in [0.717, 1.165) is 33.0 Å². The average Bonchev–Trinajstić information content (AvgIpc) is 3.66. The number of imidazole rings is 1. The molecule has 0 radical (unpaired) electrons. The third-order valence-electron chi connectivity index (χ3n) is 6.69. The predicted molar refractivity (Wildman–Crippen MR) is 172 cm³/mol. The fourth-order valence-corrected chi connectivity index (χ4v) is 6.67. The zero-order valence-corrected chi connectivity index (χ0v) is 25.6. The van der Waals surface area contributed by atoms with Gasteiger partial charge in [0.05, 0.1) is 39.8 Å². The summed E-state index contributed by atoms with van der Waals surface area (Å²) in [6.07, 6.45) is 9.02. The number of halogens is 2. The smallest absolute Gasteiger partial charge is 0.258 e. The fraction of sp³-hybridized carbons (Fsp3) is 0.129. The van der Waals surface area contributed by atoms with E-state index in [9.17, 15) is 4.79 Å². The van der Waals surface area contributed by atoms with Crippen molar-refractivity contribution in [3.63, 3.8) is 0 Å². The van der Waals surface area contributed by atoms with Gasteiger partial charge in [-0.1, -0.05) is 40.8 Å². The minimum atomic E-state index is -0.613. The summed E-state index contributed by atoms with van der Waals surface area (Å²) in [7, 11) is 1.52. The molecule has 0 saturated carbocycles. The lowest BCUT2D eigenvalue weighted by Crippen LogP contribution is -2.36. The second kappa shape index (κ2) is 11.9. The van der Waals surface area contributed by atoms with Crippen LogP contribution in [0.5, 0.6) is 11.5 Å². The molecule has 1 aliphatic heterocycles. The van der Waals surface area contributed by atoms with Gasteiger partial charge in [-0.3, -0.25) is 9.78 Å². The van der Waals surface area contributed by atoms with Crippen molar-refractivity contribution in [3.8, 4) is 22.1 Å². The number of ether oxygens (including phenoxy) is 2. The Hall–Kier alpha value is -4.23. The van der Waals surface area contributed by atoms with Crippen molar-refractivity contribution >= 4 is 61.4 Å². The van der Waals surface area contributed by atoms with E-state index in [2.05, 4.69) is 44.8 Å². The number of allylic oxidation sites excluding steroid dienone is 1. The molecular formula is C31H25FIN5O3S. The number of hydrogen-bond donors (Lipinski definition) is 1. The van der Waals surface area contributed by atoms with Crippen molar-refractivity contribution in [1.29, 1.82) is 0 Å². The number of nitrogens with one attached hydrogen (secondary N) is 1. The maximum absolute atomic E-state index is 15.3. The van der Waals surface area contributed by atoms with E-state index in [4.69, 9.17) is 9.47 Å². The molecule has 8 nitrogen and oxygen atoms in total. The van der Waals surface area contributed by atoms with Crippen molar-refractivity contribution < 1.29 is 18.7 Å². The molecule has 1 N–H and O–H groups in total. The summed E-state index contributed by atoms with van der Waals surface area (Å²) in [4.78, 5) is 25.3. The van der Waals surface area contributed by atoms with Gasteiger partial charge in [-0.05, 0) is 43.3 Å². The van der Waals surface area contributed by atoms with Gasteiger partial charge < -0.3 is 24.3 Å². The lowest BCUT2D eigenvalue weighted by atomic mass is 10.1. The Morgan fingerprint density at radius 1 is 1.12 bits per heavy atom. The number of thiophene rings is 1. The molecule has 212 valence electrons. The Balaban J connectivity index is 1.21. The van der Waals surface area contributed by atoms with E-state index in [1.54, 1.807) is 30.7 Å². The Bertz CT molecular complexity index is 1830. The molecule has 1 amide bonds. The van der Waals surface area contributed by atoms with Gasteiger partial charge in [-0.15, -0.1) is 11.3 Å². The van der Waals surface area contributed by atoms with E-state index in [-0.39, 0.29) is 9.80 Å². The molecule has 0 spiro atoms. The molecule has 6 rings (SSSR count). The number of anilines is 2. The van der Waals surface area contributed by atoms with Crippen LogP contribution in [0.1, 0.15) is 6.92 Å². The molecule has 0 fully saturated rings. The van der Waals surface area contributed by atoms with Crippen LogP contribution in [-0.4, -0.2) is 31.6 Å². The number of aryl methyl sites for hydroxylation is 1. The summed E-state index contributed by atoms with van der Waals surface area (Å²) in [5.41, 5.74) is 3.23. The number of fused-ring (bicyclic) bond motifs is 1. The minimum absolute atomic E-state index is 0.0325. The quantitative estimate of drug-likeness (QED) is 0.102. The number of carbonyl (C=O) groups is 1. The zero-order valence-electron chi connectivity index (χ0n) is 22.6. The average molecular weight is 694 g/mol. The third kappa shape index (κ3) is 5.49. The first-order valence-electron chi connectivity index (χ1n) is 13.1. The predicted octanol–water partition coefficient (Wildman–Crippen LogP) is 7.75. The van der Waals surface area contributed by atoms with Gasteiger partial charge in [0.1, 0.15) is 15.6 Å². The summed E-state index contributed by atoms with van der Waals surface area (Å²) < 4.78 is 29.2. The SMILES string of the molecule is CCn1cnc(-c2cc3nccc(Oc4ccc(NC(=O)C5=C(OC)C=CN(c6ccccc6)C5I)cc4F)c3s2)c1. The largest absolute Gasteiger partial charge is 0.496 e. The molecule has 0 aliphatic carbocycles. The Morgan fingerprint density at radius 3 is 2.69 bits per heavy atom. The molecule has 2 aromatic carbocycles. The second-order valence-electron chi connectivity index (χ2n) is 9.30. The molecule has 11 heteroatoms. The minimum Gasteiger partial charge on any atom is -0.496 e.